The van der Waals surface area contributed by atoms with Crippen molar-refractivity contribution in [2.24, 2.45) is 5.92 Å². The Labute approximate surface area is 132 Å². The Morgan fingerprint density at radius 1 is 1.50 bits per heavy atom. The van der Waals surface area contributed by atoms with Crippen molar-refractivity contribution in [3.63, 3.8) is 0 Å². The van der Waals surface area contributed by atoms with E-state index in [0.29, 0.717) is 19.7 Å². The molecule has 1 saturated heterocycles. The first-order valence-corrected chi connectivity index (χ1v) is 8.08. The molecule has 1 atom stereocenters. The summed E-state index contributed by atoms with van der Waals surface area (Å²) in [4.78, 5) is 13.9. The van der Waals surface area contributed by atoms with Gasteiger partial charge >= 0.3 is 6.03 Å². The van der Waals surface area contributed by atoms with Gasteiger partial charge in [0.25, 0.3) is 0 Å². The van der Waals surface area contributed by atoms with Crippen molar-refractivity contribution in [3.8, 4) is 5.75 Å². The Morgan fingerprint density at radius 2 is 2.36 bits per heavy atom. The minimum atomic E-state index is -0.0286. The van der Waals surface area contributed by atoms with Gasteiger partial charge in [0, 0.05) is 26.2 Å². The van der Waals surface area contributed by atoms with Crippen LogP contribution in [0.4, 0.5) is 4.79 Å². The molecule has 0 radical (unpaired) electrons. The van der Waals surface area contributed by atoms with Crippen molar-refractivity contribution in [3.05, 3.63) is 29.8 Å². The van der Waals surface area contributed by atoms with Gasteiger partial charge < -0.3 is 20.1 Å². The van der Waals surface area contributed by atoms with Crippen LogP contribution in [0.25, 0.3) is 0 Å². The van der Waals surface area contributed by atoms with Gasteiger partial charge in [-0.25, -0.2) is 4.79 Å². The van der Waals surface area contributed by atoms with Gasteiger partial charge in [0.2, 0.25) is 0 Å². The average molecular weight is 306 g/mol. The maximum atomic E-state index is 12.1. The number of aliphatic hydroxyl groups is 1. The molecule has 0 aliphatic carbocycles. The zero-order valence-corrected chi connectivity index (χ0v) is 13.3. The zero-order chi connectivity index (χ0) is 15.8. The lowest BCUT2D eigenvalue weighted by atomic mass is 9.99. The molecule has 5 heteroatoms. The molecule has 2 amide bonds. The number of benzene rings is 1. The Hall–Kier alpha value is -1.75. The maximum absolute atomic E-state index is 12.1. The first-order chi connectivity index (χ1) is 10.7. The SMILES string of the molecule is CCOc1cccc(CCNC(=O)N2CCCC(CO)C2)c1. The normalized spacial score (nSPS) is 18.1. The summed E-state index contributed by atoms with van der Waals surface area (Å²) in [5.74, 6) is 1.09. The standard InChI is InChI=1S/C17H26N2O3/c1-2-22-16-7-3-5-14(11-16)8-9-18-17(21)19-10-4-6-15(12-19)13-20/h3,5,7,11,15,20H,2,4,6,8-10,12-13H2,1H3,(H,18,21). The number of piperidine rings is 1. The number of nitrogens with zero attached hydrogens (tertiary/aromatic N) is 1. The molecular weight excluding hydrogens is 280 g/mol. The number of carbonyl (C=O) groups excluding carboxylic acids is 1. The van der Waals surface area contributed by atoms with Crippen molar-refractivity contribution in [1.82, 2.24) is 10.2 Å². The van der Waals surface area contributed by atoms with Crippen LogP contribution >= 0.6 is 0 Å². The molecule has 0 spiro atoms. The van der Waals surface area contributed by atoms with E-state index < -0.39 is 0 Å². The van der Waals surface area contributed by atoms with E-state index in [0.717, 1.165) is 37.1 Å². The minimum Gasteiger partial charge on any atom is -0.494 e. The van der Waals surface area contributed by atoms with E-state index >= 15 is 0 Å². The Kier molecular flexibility index (Phi) is 6.52. The summed E-state index contributed by atoms with van der Waals surface area (Å²) in [6.45, 7) is 4.82. The quantitative estimate of drug-likeness (QED) is 0.845. The molecule has 1 unspecified atom stereocenters. The van der Waals surface area contributed by atoms with Crippen LogP contribution in [0, 0.1) is 5.92 Å². The topological polar surface area (TPSA) is 61.8 Å². The van der Waals surface area contributed by atoms with Crippen LogP contribution in [-0.2, 0) is 6.42 Å². The predicted octanol–water partition coefficient (Wildman–Crippen LogP) is 2.04. The highest BCUT2D eigenvalue weighted by molar-refractivity contribution is 5.74. The molecule has 0 aromatic heterocycles. The van der Waals surface area contributed by atoms with Crippen molar-refractivity contribution in [1.29, 1.82) is 0 Å². The van der Waals surface area contributed by atoms with Gasteiger partial charge in [-0.2, -0.15) is 0 Å². The van der Waals surface area contributed by atoms with Crippen molar-refractivity contribution in [2.45, 2.75) is 26.2 Å². The number of urea groups is 1. The fraction of sp³-hybridized carbons (Fsp3) is 0.588. The van der Waals surface area contributed by atoms with E-state index in [9.17, 15) is 9.90 Å². The van der Waals surface area contributed by atoms with Gasteiger partial charge in [-0.3, -0.25) is 0 Å². The van der Waals surface area contributed by atoms with Gasteiger partial charge in [0.05, 0.1) is 6.61 Å². The van der Waals surface area contributed by atoms with E-state index in [2.05, 4.69) is 5.32 Å². The number of hydrogen-bond donors (Lipinski definition) is 2. The van der Waals surface area contributed by atoms with Gasteiger partial charge in [-0.15, -0.1) is 0 Å². The molecule has 1 aliphatic heterocycles. The summed E-state index contributed by atoms with van der Waals surface area (Å²) in [6, 6.07) is 7.93. The highest BCUT2D eigenvalue weighted by Crippen LogP contribution is 2.16. The minimum absolute atomic E-state index is 0.0286. The predicted molar refractivity (Wildman–Crippen MR) is 86.1 cm³/mol. The molecule has 122 valence electrons. The van der Waals surface area contributed by atoms with Crippen molar-refractivity contribution in [2.75, 3.05) is 32.8 Å². The van der Waals surface area contributed by atoms with Crippen molar-refractivity contribution >= 4 is 6.03 Å². The second-order valence-corrected chi connectivity index (χ2v) is 5.70. The summed E-state index contributed by atoms with van der Waals surface area (Å²) >= 11 is 0. The molecule has 22 heavy (non-hydrogen) atoms. The number of ether oxygens (including phenoxy) is 1. The Bertz CT molecular complexity index is 479. The lowest BCUT2D eigenvalue weighted by Crippen LogP contribution is -2.46. The number of aliphatic hydroxyl groups excluding tert-OH is 1. The molecule has 1 aromatic rings. The molecule has 2 rings (SSSR count). The van der Waals surface area contributed by atoms with E-state index in [4.69, 9.17) is 4.74 Å². The molecule has 1 aliphatic rings. The summed E-state index contributed by atoms with van der Waals surface area (Å²) in [7, 11) is 0. The lowest BCUT2D eigenvalue weighted by Gasteiger charge is -2.31. The third-order valence-corrected chi connectivity index (χ3v) is 3.96. The zero-order valence-electron chi connectivity index (χ0n) is 13.3. The average Bonchev–Trinajstić information content (AvgIpc) is 2.55. The van der Waals surface area contributed by atoms with Crippen LogP contribution in [0.3, 0.4) is 0 Å². The van der Waals surface area contributed by atoms with Gasteiger partial charge in [0.15, 0.2) is 0 Å². The number of carbonyl (C=O) groups is 1. The number of amides is 2. The summed E-state index contributed by atoms with van der Waals surface area (Å²) in [6.07, 6.45) is 2.75. The maximum Gasteiger partial charge on any atom is 0.317 e. The highest BCUT2D eigenvalue weighted by Gasteiger charge is 2.22. The molecular formula is C17H26N2O3. The fourth-order valence-corrected chi connectivity index (χ4v) is 2.78. The summed E-state index contributed by atoms with van der Waals surface area (Å²) in [5.41, 5.74) is 1.15. The first-order valence-electron chi connectivity index (χ1n) is 8.08. The summed E-state index contributed by atoms with van der Waals surface area (Å²) in [5, 5.41) is 12.2. The van der Waals surface area contributed by atoms with Gasteiger partial charge in [-0.05, 0) is 49.8 Å². The molecule has 1 aromatic carbocycles. The Balaban J connectivity index is 1.75. The van der Waals surface area contributed by atoms with Crippen LogP contribution in [-0.4, -0.2) is 48.9 Å². The number of rotatable bonds is 6. The molecule has 1 fully saturated rings. The largest absolute Gasteiger partial charge is 0.494 e. The summed E-state index contributed by atoms with van der Waals surface area (Å²) < 4.78 is 5.47. The van der Waals surface area contributed by atoms with E-state index in [1.165, 1.54) is 0 Å². The monoisotopic (exact) mass is 306 g/mol. The first kappa shape index (κ1) is 16.6. The van der Waals surface area contributed by atoms with Gasteiger partial charge in [0.1, 0.15) is 5.75 Å². The smallest absolute Gasteiger partial charge is 0.317 e. The highest BCUT2D eigenvalue weighted by atomic mass is 16.5. The van der Waals surface area contributed by atoms with E-state index in [1.807, 2.05) is 31.2 Å². The fourth-order valence-electron chi connectivity index (χ4n) is 2.78. The van der Waals surface area contributed by atoms with E-state index in [1.54, 1.807) is 4.90 Å². The van der Waals surface area contributed by atoms with Gasteiger partial charge in [-0.1, -0.05) is 12.1 Å². The second kappa shape index (κ2) is 8.63. The van der Waals surface area contributed by atoms with Crippen LogP contribution in [0.5, 0.6) is 5.75 Å². The van der Waals surface area contributed by atoms with E-state index in [-0.39, 0.29) is 18.6 Å². The van der Waals surface area contributed by atoms with Crippen LogP contribution in [0.1, 0.15) is 25.3 Å². The third-order valence-electron chi connectivity index (χ3n) is 3.96. The van der Waals surface area contributed by atoms with Crippen LogP contribution in [0.15, 0.2) is 24.3 Å². The van der Waals surface area contributed by atoms with Crippen LogP contribution < -0.4 is 10.1 Å². The third kappa shape index (κ3) is 4.91. The molecule has 5 nitrogen and oxygen atoms in total. The second-order valence-electron chi connectivity index (χ2n) is 5.70. The van der Waals surface area contributed by atoms with Crippen LogP contribution in [0.2, 0.25) is 0 Å². The Morgan fingerprint density at radius 3 is 3.14 bits per heavy atom. The number of hydrogen-bond acceptors (Lipinski definition) is 3. The molecule has 1 heterocycles. The number of likely N-dealkylation sites (tertiary alicyclic amines) is 1. The number of nitrogens with one attached hydrogen (secondary N) is 1. The lowest BCUT2D eigenvalue weighted by molar-refractivity contribution is 0.129. The molecule has 0 saturated carbocycles. The molecule has 2 N–H and O–H groups in total. The molecule has 0 bridgehead atoms. The van der Waals surface area contributed by atoms with Crippen molar-refractivity contribution < 1.29 is 14.6 Å².